The number of rotatable bonds is 6. The van der Waals surface area contributed by atoms with E-state index >= 15 is 0 Å². The molecule has 0 atom stereocenters. The van der Waals surface area contributed by atoms with E-state index in [4.69, 9.17) is 16.3 Å². The summed E-state index contributed by atoms with van der Waals surface area (Å²) in [6, 6.07) is 7.32. The summed E-state index contributed by atoms with van der Waals surface area (Å²) in [6.45, 7) is 2.40. The first-order valence-corrected chi connectivity index (χ1v) is 8.76. The van der Waals surface area contributed by atoms with Crippen LogP contribution in [0.25, 0.3) is 6.08 Å². The second kappa shape index (κ2) is 8.65. The predicted molar refractivity (Wildman–Crippen MR) is 94.3 cm³/mol. The van der Waals surface area contributed by atoms with Crippen molar-refractivity contribution in [3.05, 3.63) is 57.0 Å². The number of hydrogen-bond acceptors (Lipinski definition) is 6. The molecule has 0 fully saturated rings. The van der Waals surface area contributed by atoms with Crippen molar-refractivity contribution in [1.82, 2.24) is 14.8 Å². The molecule has 1 heterocycles. The van der Waals surface area contributed by atoms with Crippen LogP contribution in [0, 0.1) is 0 Å². The van der Waals surface area contributed by atoms with Crippen molar-refractivity contribution in [2.75, 3.05) is 12.9 Å². The Morgan fingerprint density at radius 1 is 1.38 bits per heavy atom. The van der Waals surface area contributed by atoms with Gasteiger partial charge in [0.2, 0.25) is 0 Å². The standard InChI is InChI=1S/C16H16ClN3O3S/c1-3-23-14(21)9-8-13-15(22)18-16(24-2)20(19-13)10-11-4-6-12(17)7-5-11/h4-9H,3,10H2,1-2H3/b9-8+. The van der Waals surface area contributed by atoms with Gasteiger partial charge in [-0.3, -0.25) is 4.79 Å². The van der Waals surface area contributed by atoms with Crippen LogP contribution in [0.1, 0.15) is 18.2 Å². The first kappa shape index (κ1) is 18.2. The number of aromatic nitrogens is 3. The average Bonchev–Trinajstić information content (AvgIpc) is 2.57. The third-order valence-corrected chi connectivity index (χ3v) is 3.88. The molecular formula is C16H16ClN3O3S. The summed E-state index contributed by atoms with van der Waals surface area (Å²) in [4.78, 5) is 27.4. The first-order chi connectivity index (χ1) is 11.5. The number of thioether (sulfide) groups is 1. The Bertz CT molecular complexity index is 803. The van der Waals surface area contributed by atoms with Crippen LogP contribution in [-0.4, -0.2) is 33.6 Å². The number of carbonyl (C=O) groups excluding carboxylic acids is 1. The number of nitrogens with zero attached hydrogens (tertiary/aromatic N) is 3. The summed E-state index contributed by atoms with van der Waals surface area (Å²) in [7, 11) is 0. The van der Waals surface area contributed by atoms with E-state index in [1.165, 1.54) is 23.9 Å². The highest BCUT2D eigenvalue weighted by Crippen LogP contribution is 2.14. The van der Waals surface area contributed by atoms with Crippen molar-refractivity contribution < 1.29 is 9.53 Å². The summed E-state index contributed by atoms with van der Waals surface area (Å²) in [6.07, 6.45) is 4.30. The third-order valence-electron chi connectivity index (χ3n) is 2.96. The molecule has 0 aliphatic carbocycles. The van der Waals surface area contributed by atoms with Crippen LogP contribution in [0.15, 0.2) is 40.3 Å². The number of halogens is 1. The van der Waals surface area contributed by atoms with Gasteiger partial charge in [0.05, 0.1) is 13.2 Å². The molecule has 0 saturated carbocycles. The minimum atomic E-state index is -0.531. The number of hydrogen-bond donors (Lipinski definition) is 0. The van der Waals surface area contributed by atoms with E-state index in [1.54, 1.807) is 23.7 Å². The van der Waals surface area contributed by atoms with Crippen LogP contribution in [0.3, 0.4) is 0 Å². The SMILES string of the molecule is CCOC(=O)/C=C/c1nn(Cc2ccc(Cl)cc2)c(SC)nc1=O. The highest BCUT2D eigenvalue weighted by atomic mass is 35.5. The normalized spacial score (nSPS) is 11.0. The lowest BCUT2D eigenvalue weighted by atomic mass is 10.2. The van der Waals surface area contributed by atoms with Crippen LogP contribution in [0.2, 0.25) is 5.02 Å². The summed E-state index contributed by atoms with van der Waals surface area (Å²) >= 11 is 7.20. The van der Waals surface area contributed by atoms with Crippen molar-refractivity contribution in [1.29, 1.82) is 0 Å². The molecule has 0 aliphatic rings. The van der Waals surface area contributed by atoms with E-state index < -0.39 is 11.5 Å². The van der Waals surface area contributed by atoms with Crippen molar-refractivity contribution >= 4 is 35.4 Å². The largest absolute Gasteiger partial charge is 0.463 e. The maximum Gasteiger partial charge on any atom is 0.330 e. The molecule has 0 unspecified atom stereocenters. The van der Waals surface area contributed by atoms with E-state index in [0.717, 1.165) is 5.56 Å². The van der Waals surface area contributed by atoms with E-state index in [1.807, 2.05) is 18.4 Å². The zero-order valence-electron chi connectivity index (χ0n) is 13.2. The molecule has 0 N–H and O–H groups in total. The van der Waals surface area contributed by atoms with Crippen molar-refractivity contribution in [3.63, 3.8) is 0 Å². The Morgan fingerprint density at radius 2 is 2.08 bits per heavy atom. The van der Waals surface area contributed by atoms with Gasteiger partial charge in [0, 0.05) is 11.1 Å². The zero-order valence-corrected chi connectivity index (χ0v) is 14.8. The number of ether oxygens (including phenoxy) is 1. The molecule has 6 nitrogen and oxygen atoms in total. The van der Waals surface area contributed by atoms with Crippen LogP contribution < -0.4 is 5.56 Å². The van der Waals surface area contributed by atoms with E-state index in [2.05, 4.69) is 10.1 Å². The number of benzene rings is 1. The summed E-state index contributed by atoms with van der Waals surface area (Å²) in [5, 5.41) is 5.42. The zero-order chi connectivity index (χ0) is 17.5. The smallest absolute Gasteiger partial charge is 0.330 e. The fourth-order valence-corrected chi connectivity index (χ4v) is 2.49. The molecule has 126 valence electrons. The van der Waals surface area contributed by atoms with Crippen molar-refractivity contribution in [2.45, 2.75) is 18.6 Å². The number of carbonyl (C=O) groups is 1. The minimum absolute atomic E-state index is 0.0785. The van der Waals surface area contributed by atoms with Crippen molar-refractivity contribution in [3.8, 4) is 0 Å². The molecule has 0 bridgehead atoms. The molecule has 2 rings (SSSR count). The Balaban J connectivity index is 2.32. The minimum Gasteiger partial charge on any atom is -0.463 e. The van der Waals surface area contributed by atoms with Crippen LogP contribution in [0.5, 0.6) is 0 Å². The lowest BCUT2D eigenvalue weighted by Gasteiger charge is -2.10. The van der Waals surface area contributed by atoms with E-state index in [9.17, 15) is 9.59 Å². The fourth-order valence-electron chi connectivity index (χ4n) is 1.88. The molecule has 0 spiro atoms. The van der Waals surface area contributed by atoms with E-state index in [-0.39, 0.29) is 12.3 Å². The monoisotopic (exact) mass is 365 g/mol. The lowest BCUT2D eigenvalue weighted by molar-refractivity contribution is -0.137. The molecule has 0 amide bonds. The Hall–Kier alpha value is -2.12. The highest BCUT2D eigenvalue weighted by Gasteiger charge is 2.09. The molecule has 1 aromatic carbocycles. The van der Waals surface area contributed by atoms with Gasteiger partial charge in [0.25, 0.3) is 5.56 Å². The van der Waals surface area contributed by atoms with Gasteiger partial charge in [0.1, 0.15) is 0 Å². The maximum absolute atomic E-state index is 12.0. The molecule has 24 heavy (non-hydrogen) atoms. The molecule has 0 aliphatic heterocycles. The van der Waals surface area contributed by atoms with Gasteiger partial charge >= 0.3 is 5.97 Å². The van der Waals surface area contributed by atoms with Gasteiger partial charge in [-0.2, -0.15) is 10.1 Å². The van der Waals surface area contributed by atoms with Crippen LogP contribution >= 0.6 is 23.4 Å². The Kier molecular flexibility index (Phi) is 6.57. The van der Waals surface area contributed by atoms with Crippen LogP contribution in [0.4, 0.5) is 0 Å². The molecule has 0 radical (unpaired) electrons. The Morgan fingerprint density at radius 3 is 2.71 bits per heavy atom. The lowest BCUT2D eigenvalue weighted by Crippen LogP contribution is -2.21. The fraction of sp³-hybridized carbons (Fsp3) is 0.250. The third kappa shape index (κ3) is 4.94. The predicted octanol–water partition coefficient (Wildman–Crippen LogP) is 2.64. The Labute approximate surface area is 148 Å². The van der Waals surface area contributed by atoms with Gasteiger partial charge in [-0.25, -0.2) is 9.48 Å². The molecular weight excluding hydrogens is 350 g/mol. The maximum atomic E-state index is 12.0. The topological polar surface area (TPSA) is 74.1 Å². The second-order valence-electron chi connectivity index (χ2n) is 4.66. The van der Waals surface area contributed by atoms with Gasteiger partial charge in [-0.05, 0) is 37.0 Å². The summed E-state index contributed by atoms with van der Waals surface area (Å²) in [5.74, 6) is -0.531. The second-order valence-corrected chi connectivity index (χ2v) is 5.87. The molecule has 8 heteroatoms. The first-order valence-electron chi connectivity index (χ1n) is 7.16. The van der Waals surface area contributed by atoms with Gasteiger partial charge in [0.15, 0.2) is 10.9 Å². The van der Waals surface area contributed by atoms with E-state index in [0.29, 0.717) is 16.7 Å². The molecule has 0 saturated heterocycles. The number of esters is 1. The highest BCUT2D eigenvalue weighted by molar-refractivity contribution is 7.98. The van der Waals surface area contributed by atoms with Crippen LogP contribution in [-0.2, 0) is 16.1 Å². The quantitative estimate of drug-likeness (QED) is 0.445. The summed E-state index contributed by atoms with van der Waals surface area (Å²) < 4.78 is 6.40. The summed E-state index contributed by atoms with van der Waals surface area (Å²) in [5.41, 5.74) is 0.551. The average molecular weight is 366 g/mol. The van der Waals surface area contributed by atoms with Gasteiger partial charge < -0.3 is 4.74 Å². The molecule has 1 aromatic heterocycles. The van der Waals surface area contributed by atoms with Gasteiger partial charge in [-0.15, -0.1) is 0 Å². The molecule has 2 aromatic rings. The van der Waals surface area contributed by atoms with Crippen molar-refractivity contribution in [2.24, 2.45) is 0 Å². The van der Waals surface area contributed by atoms with Gasteiger partial charge in [-0.1, -0.05) is 35.5 Å².